The first-order valence-electron chi connectivity index (χ1n) is 6.23. The number of thiophene rings is 1. The molecule has 4 nitrogen and oxygen atoms in total. The number of rotatable bonds is 5. The SMILES string of the molecule is Cc1ccsc1C(C)Nc1cccc(NS(C)(=O)=O)c1. The average Bonchev–Trinajstić information content (AvgIpc) is 2.73. The van der Waals surface area contributed by atoms with E-state index in [9.17, 15) is 8.42 Å². The second-order valence-corrected chi connectivity index (χ2v) is 7.49. The second-order valence-electron chi connectivity index (χ2n) is 4.79. The van der Waals surface area contributed by atoms with Crippen LogP contribution in [-0.4, -0.2) is 14.7 Å². The Hall–Kier alpha value is -1.53. The van der Waals surface area contributed by atoms with Gasteiger partial charge in [-0.25, -0.2) is 8.42 Å². The smallest absolute Gasteiger partial charge is 0.229 e. The van der Waals surface area contributed by atoms with Crippen molar-refractivity contribution in [3.8, 4) is 0 Å². The van der Waals surface area contributed by atoms with E-state index in [4.69, 9.17) is 0 Å². The number of aryl methyl sites for hydroxylation is 1. The van der Waals surface area contributed by atoms with Gasteiger partial charge in [0, 0.05) is 10.6 Å². The molecule has 1 aromatic heterocycles. The average molecular weight is 310 g/mol. The molecule has 1 unspecified atom stereocenters. The molecule has 1 atom stereocenters. The molecule has 0 amide bonds. The minimum Gasteiger partial charge on any atom is -0.378 e. The van der Waals surface area contributed by atoms with E-state index in [1.54, 1.807) is 23.5 Å². The zero-order valence-corrected chi connectivity index (χ0v) is 13.3. The summed E-state index contributed by atoms with van der Waals surface area (Å²) >= 11 is 1.72. The maximum absolute atomic E-state index is 11.2. The van der Waals surface area contributed by atoms with Crippen molar-refractivity contribution in [1.82, 2.24) is 0 Å². The molecule has 108 valence electrons. The standard InChI is InChI=1S/C14H18N2O2S2/c1-10-7-8-19-14(10)11(2)15-12-5-4-6-13(9-12)16-20(3,17)18/h4-9,11,15-16H,1-3H3. The van der Waals surface area contributed by atoms with Crippen molar-refractivity contribution in [2.45, 2.75) is 19.9 Å². The number of benzene rings is 1. The van der Waals surface area contributed by atoms with Crippen LogP contribution in [0.25, 0.3) is 0 Å². The quantitative estimate of drug-likeness (QED) is 0.887. The summed E-state index contributed by atoms with van der Waals surface area (Å²) in [5.74, 6) is 0. The molecule has 1 aromatic carbocycles. The molecule has 1 heterocycles. The first-order valence-corrected chi connectivity index (χ1v) is 9.00. The van der Waals surface area contributed by atoms with Gasteiger partial charge in [-0.15, -0.1) is 11.3 Å². The minimum atomic E-state index is -3.25. The fourth-order valence-electron chi connectivity index (χ4n) is 2.03. The number of hydrogen-bond donors (Lipinski definition) is 2. The first kappa shape index (κ1) is 14.9. The van der Waals surface area contributed by atoms with E-state index in [1.165, 1.54) is 10.4 Å². The van der Waals surface area contributed by atoms with E-state index < -0.39 is 10.0 Å². The molecule has 20 heavy (non-hydrogen) atoms. The first-order chi connectivity index (χ1) is 9.35. The van der Waals surface area contributed by atoms with Crippen LogP contribution >= 0.6 is 11.3 Å². The van der Waals surface area contributed by atoms with Crippen LogP contribution in [0.1, 0.15) is 23.4 Å². The molecule has 0 aliphatic heterocycles. The number of anilines is 2. The van der Waals surface area contributed by atoms with Crippen molar-refractivity contribution in [2.75, 3.05) is 16.3 Å². The lowest BCUT2D eigenvalue weighted by Gasteiger charge is -2.16. The predicted octanol–water partition coefficient (Wildman–Crippen LogP) is 3.60. The van der Waals surface area contributed by atoms with Gasteiger partial charge in [0.2, 0.25) is 10.0 Å². The summed E-state index contributed by atoms with van der Waals surface area (Å²) in [5, 5.41) is 5.46. The van der Waals surface area contributed by atoms with Gasteiger partial charge in [-0.2, -0.15) is 0 Å². The molecule has 0 aliphatic carbocycles. The maximum atomic E-state index is 11.2. The lowest BCUT2D eigenvalue weighted by molar-refractivity contribution is 0.607. The lowest BCUT2D eigenvalue weighted by Crippen LogP contribution is -2.10. The van der Waals surface area contributed by atoms with Gasteiger partial charge in [-0.3, -0.25) is 4.72 Å². The highest BCUT2D eigenvalue weighted by molar-refractivity contribution is 7.92. The normalized spacial score (nSPS) is 12.9. The molecular formula is C14H18N2O2S2. The third-order valence-corrected chi connectivity index (χ3v) is 4.65. The van der Waals surface area contributed by atoms with Crippen LogP contribution in [0.3, 0.4) is 0 Å². The summed E-state index contributed by atoms with van der Waals surface area (Å²) in [4.78, 5) is 1.28. The van der Waals surface area contributed by atoms with Crippen LogP contribution < -0.4 is 10.0 Å². The zero-order valence-electron chi connectivity index (χ0n) is 11.7. The van der Waals surface area contributed by atoms with Gasteiger partial charge < -0.3 is 5.32 Å². The minimum absolute atomic E-state index is 0.184. The molecule has 2 aromatic rings. The van der Waals surface area contributed by atoms with Crippen LogP contribution in [0.4, 0.5) is 11.4 Å². The van der Waals surface area contributed by atoms with Crippen molar-refractivity contribution < 1.29 is 8.42 Å². The molecule has 0 radical (unpaired) electrons. The Morgan fingerprint density at radius 3 is 2.50 bits per heavy atom. The molecule has 0 saturated carbocycles. The summed E-state index contributed by atoms with van der Waals surface area (Å²) in [7, 11) is -3.25. The number of hydrogen-bond acceptors (Lipinski definition) is 4. The van der Waals surface area contributed by atoms with E-state index in [1.807, 2.05) is 12.1 Å². The van der Waals surface area contributed by atoms with Gasteiger partial charge in [-0.1, -0.05) is 6.07 Å². The van der Waals surface area contributed by atoms with Crippen LogP contribution in [0, 0.1) is 6.92 Å². The Bertz CT molecular complexity index is 693. The van der Waals surface area contributed by atoms with Crippen LogP contribution in [-0.2, 0) is 10.0 Å². The van der Waals surface area contributed by atoms with Crippen molar-refractivity contribution in [3.05, 3.63) is 46.2 Å². The Kier molecular flexibility index (Phi) is 4.35. The van der Waals surface area contributed by atoms with Crippen molar-refractivity contribution in [3.63, 3.8) is 0 Å². The van der Waals surface area contributed by atoms with E-state index in [0.717, 1.165) is 11.9 Å². The highest BCUT2D eigenvalue weighted by Crippen LogP contribution is 2.27. The van der Waals surface area contributed by atoms with Gasteiger partial charge in [0.05, 0.1) is 18.0 Å². The van der Waals surface area contributed by atoms with E-state index in [2.05, 4.69) is 35.3 Å². The summed E-state index contributed by atoms with van der Waals surface area (Å²) in [6.45, 7) is 4.18. The third kappa shape index (κ3) is 3.98. The fraction of sp³-hybridized carbons (Fsp3) is 0.286. The Morgan fingerprint density at radius 2 is 1.90 bits per heavy atom. The van der Waals surface area contributed by atoms with Gasteiger partial charge in [0.15, 0.2) is 0 Å². The highest BCUT2D eigenvalue weighted by Gasteiger charge is 2.10. The third-order valence-electron chi connectivity index (χ3n) is 2.84. The molecule has 0 spiro atoms. The molecule has 2 N–H and O–H groups in total. The summed E-state index contributed by atoms with van der Waals surface area (Å²) < 4.78 is 24.9. The molecule has 0 fully saturated rings. The van der Waals surface area contributed by atoms with Gasteiger partial charge in [-0.05, 0) is 49.1 Å². The van der Waals surface area contributed by atoms with Crippen LogP contribution in [0.5, 0.6) is 0 Å². The van der Waals surface area contributed by atoms with Crippen molar-refractivity contribution in [1.29, 1.82) is 0 Å². The van der Waals surface area contributed by atoms with Crippen molar-refractivity contribution in [2.24, 2.45) is 0 Å². The van der Waals surface area contributed by atoms with Crippen molar-refractivity contribution >= 4 is 32.7 Å². The van der Waals surface area contributed by atoms with Crippen LogP contribution in [0.2, 0.25) is 0 Å². The summed E-state index contributed by atoms with van der Waals surface area (Å²) in [5.41, 5.74) is 2.71. The molecule has 2 rings (SSSR count). The molecule has 0 aliphatic rings. The van der Waals surface area contributed by atoms with Gasteiger partial charge >= 0.3 is 0 Å². The molecule has 0 saturated heterocycles. The molecule has 0 bridgehead atoms. The van der Waals surface area contributed by atoms with Gasteiger partial charge in [0.1, 0.15) is 0 Å². The fourth-order valence-corrected chi connectivity index (χ4v) is 3.52. The molecular weight excluding hydrogens is 292 g/mol. The maximum Gasteiger partial charge on any atom is 0.229 e. The Labute approximate surface area is 123 Å². The molecule has 6 heteroatoms. The van der Waals surface area contributed by atoms with Crippen LogP contribution in [0.15, 0.2) is 35.7 Å². The Balaban J connectivity index is 2.14. The Morgan fingerprint density at radius 1 is 1.20 bits per heavy atom. The highest BCUT2D eigenvalue weighted by atomic mass is 32.2. The predicted molar refractivity (Wildman–Crippen MR) is 86.0 cm³/mol. The zero-order chi connectivity index (χ0) is 14.8. The number of nitrogens with one attached hydrogen (secondary N) is 2. The van der Waals surface area contributed by atoms with E-state index in [0.29, 0.717) is 5.69 Å². The lowest BCUT2D eigenvalue weighted by atomic mass is 10.2. The van der Waals surface area contributed by atoms with Gasteiger partial charge in [0.25, 0.3) is 0 Å². The monoisotopic (exact) mass is 310 g/mol. The van der Waals surface area contributed by atoms with E-state index >= 15 is 0 Å². The number of sulfonamides is 1. The summed E-state index contributed by atoms with van der Waals surface area (Å²) in [6.07, 6.45) is 1.14. The largest absolute Gasteiger partial charge is 0.378 e. The summed E-state index contributed by atoms with van der Waals surface area (Å²) in [6, 6.07) is 9.55. The van der Waals surface area contributed by atoms with E-state index in [-0.39, 0.29) is 6.04 Å². The second kappa shape index (κ2) is 5.85. The topological polar surface area (TPSA) is 58.2 Å².